The van der Waals surface area contributed by atoms with E-state index in [4.69, 9.17) is 21.4 Å². The Morgan fingerprint density at radius 3 is 2.50 bits per heavy atom. The maximum absolute atomic E-state index is 11.6. The number of halogens is 1. The fraction of sp³-hybridized carbons (Fsp3) is 0.462. The number of benzene rings is 1. The normalized spacial score (nSPS) is 11.4. The van der Waals surface area contributed by atoms with Crippen LogP contribution in [0, 0.1) is 5.41 Å². The van der Waals surface area contributed by atoms with Crippen molar-refractivity contribution in [1.29, 1.82) is 0 Å². The summed E-state index contributed by atoms with van der Waals surface area (Å²) in [5.74, 6) is -0.470. The first-order valence-corrected chi connectivity index (χ1v) is 5.92. The Kier molecular flexibility index (Phi) is 4.59. The fourth-order valence-corrected chi connectivity index (χ4v) is 1.55. The number of esters is 1. The first-order chi connectivity index (χ1) is 8.25. The third-order valence-corrected chi connectivity index (χ3v) is 2.64. The minimum atomic E-state index is -0.569. The van der Waals surface area contributed by atoms with Gasteiger partial charge in [-0.3, -0.25) is 4.79 Å². The maximum Gasteiger partial charge on any atom is 0.311 e. The van der Waals surface area contributed by atoms with Crippen LogP contribution in [0.25, 0.3) is 0 Å². The van der Waals surface area contributed by atoms with E-state index < -0.39 is 5.41 Å². The standard InChI is InChI=1S/C13H17ClO4/c1-13(2,3)12(17)18-7-8-4-9(6-15)11(16)10(14)5-8/h4-5,15-16H,6-7H2,1-3H3. The minimum Gasteiger partial charge on any atom is -0.506 e. The van der Waals surface area contributed by atoms with Crippen LogP contribution in [0.3, 0.4) is 0 Å². The lowest BCUT2D eigenvalue weighted by Gasteiger charge is -2.17. The molecule has 0 fully saturated rings. The predicted octanol–water partition coefficient (Wildman–Crippen LogP) is 2.63. The molecule has 0 saturated carbocycles. The van der Waals surface area contributed by atoms with Crippen LogP contribution in [-0.2, 0) is 22.7 Å². The summed E-state index contributed by atoms with van der Waals surface area (Å²) < 4.78 is 5.13. The number of phenols is 1. The van der Waals surface area contributed by atoms with Gasteiger partial charge in [0.05, 0.1) is 17.0 Å². The summed E-state index contributed by atoms with van der Waals surface area (Å²) in [4.78, 5) is 11.6. The van der Waals surface area contributed by atoms with Crippen LogP contribution in [0.4, 0.5) is 0 Å². The van der Waals surface area contributed by atoms with Gasteiger partial charge in [0.1, 0.15) is 12.4 Å². The molecule has 1 rings (SSSR count). The summed E-state index contributed by atoms with van der Waals surface area (Å²) in [5, 5.41) is 18.7. The molecule has 0 aliphatic heterocycles. The molecule has 0 atom stereocenters. The zero-order valence-corrected chi connectivity index (χ0v) is 11.4. The minimum absolute atomic E-state index is 0.0586. The second-order valence-corrected chi connectivity index (χ2v) is 5.48. The SMILES string of the molecule is CC(C)(C)C(=O)OCc1cc(Cl)c(O)c(CO)c1. The molecule has 2 N–H and O–H groups in total. The molecule has 1 aromatic rings. The molecule has 0 amide bonds. The molecule has 18 heavy (non-hydrogen) atoms. The van der Waals surface area contributed by atoms with E-state index in [1.807, 2.05) is 0 Å². The average molecular weight is 273 g/mol. The van der Waals surface area contributed by atoms with E-state index in [0.717, 1.165) is 0 Å². The van der Waals surface area contributed by atoms with Crippen molar-refractivity contribution >= 4 is 17.6 Å². The molecular weight excluding hydrogens is 256 g/mol. The lowest BCUT2D eigenvalue weighted by Crippen LogP contribution is -2.22. The van der Waals surface area contributed by atoms with Gasteiger partial charge in [-0.05, 0) is 38.5 Å². The molecule has 0 aliphatic carbocycles. The van der Waals surface area contributed by atoms with Crippen molar-refractivity contribution in [3.8, 4) is 5.75 Å². The van der Waals surface area contributed by atoms with Gasteiger partial charge in [-0.15, -0.1) is 0 Å². The third kappa shape index (κ3) is 3.62. The average Bonchev–Trinajstić information content (AvgIpc) is 2.28. The van der Waals surface area contributed by atoms with E-state index in [1.165, 1.54) is 6.07 Å². The van der Waals surface area contributed by atoms with Gasteiger partial charge in [0.2, 0.25) is 0 Å². The van der Waals surface area contributed by atoms with Gasteiger partial charge in [-0.2, -0.15) is 0 Å². The molecule has 0 saturated heterocycles. The van der Waals surface area contributed by atoms with Crippen molar-refractivity contribution in [2.24, 2.45) is 5.41 Å². The predicted molar refractivity (Wildman–Crippen MR) is 68.3 cm³/mol. The molecule has 0 radical (unpaired) electrons. The number of ether oxygens (including phenoxy) is 1. The molecule has 5 heteroatoms. The molecule has 0 bridgehead atoms. The number of hydrogen-bond acceptors (Lipinski definition) is 4. The Morgan fingerprint density at radius 1 is 1.39 bits per heavy atom. The largest absolute Gasteiger partial charge is 0.506 e. The Hall–Kier alpha value is -1.26. The van der Waals surface area contributed by atoms with Crippen LogP contribution in [0.1, 0.15) is 31.9 Å². The van der Waals surface area contributed by atoms with Crippen molar-refractivity contribution in [3.63, 3.8) is 0 Å². The molecule has 0 aromatic heterocycles. The summed E-state index contributed by atoms with van der Waals surface area (Å²) in [7, 11) is 0. The second kappa shape index (κ2) is 5.59. The molecule has 0 spiro atoms. The Bertz CT molecular complexity index is 449. The van der Waals surface area contributed by atoms with Gasteiger partial charge in [-0.25, -0.2) is 0 Å². The zero-order valence-electron chi connectivity index (χ0n) is 10.7. The molecular formula is C13H17ClO4. The zero-order chi connectivity index (χ0) is 13.9. The monoisotopic (exact) mass is 272 g/mol. The Labute approximate surface area is 111 Å². The lowest BCUT2D eigenvalue weighted by atomic mass is 9.97. The highest BCUT2D eigenvalue weighted by atomic mass is 35.5. The topological polar surface area (TPSA) is 66.8 Å². The van der Waals surface area contributed by atoms with Crippen molar-refractivity contribution in [2.75, 3.05) is 0 Å². The van der Waals surface area contributed by atoms with Gasteiger partial charge in [0.15, 0.2) is 0 Å². The van der Waals surface area contributed by atoms with Crippen molar-refractivity contribution in [3.05, 3.63) is 28.3 Å². The first-order valence-electron chi connectivity index (χ1n) is 5.54. The highest BCUT2D eigenvalue weighted by molar-refractivity contribution is 6.32. The summed E-state index contributed by atoms with van der Waals surface area (Å²) in [6, 6.07) is 3.06. The summed E-state index contributed by atoms with van der Waals surface area (Å²) in [5.41, 5.74) is 0.365. The molecule has 1 aromatic carbocycles. The summed E-state index contributed by atoms with van der Waals surface area (Å²) in [6.07, 6.45) is 0. The quantitative estimate of drug-likeness (QED) is 0.830. The van der Waals surface area contributed by atoms with Crippen LogP contribution in [-0.4, -0.2) is 16.2 Å². The second-order valence-electron chi connectivity index (χ2n) is 5.07. The molecule has 4 nitrogen and oxygen atoms in total. The van der Waals surface area contributed by atoms with Crippen molar-refractivity contribution < 1.29 is 19.7 Å². The van der Waals surface area contributed by atoms with Crippen LogP contribution < -0.4 is 0 Å². The first kappa shape index (κ1) is 14.8. The van der Waals surface area contributed by atoms with Crippen LogP contribution in [0.5, 0.6) is 5.75 Å². The van der Waals surface area contributed by atoms with Gasteiger partial charge >= 0.3 is 5.97 Å². The van der Waals surface area contributed by atoms with E-state index in [1.54, 1.807) is 26.8 Å². The number of rotatable bonds is 3. The molecule has 0 aliphatic rings. The van der Waals surface area contributed by atoms with Crippen molar-refractivity contribution in [1.82, 2.24) is 0 Å². The lowest BCUT2D eigenvalue weighted by molar-refractivity contribution is -0.154. The maximum atomic E-state index is 11.6. The van der Waals surface area contributed by atoms with Gasteiger partial charge < -0.3 is 14.9 Å². The third-order valence-electron chi connectivity index (χ3n) is 2.35. The van der Waals surface area contributed by atoms with Crippen molar-refractivity contribution in [2.45, 2.75) is 34.0 Å². The van der Waals surface area contributed by atoms with Gasteiger partial charge in [0, 0.05) is 5.56 Å². The number of hydrogen-bond donors (Lipinski definition) is 2. The highest BCUT2D eigenvalue weighted by Gasteiger charge is 2.23. The number of carbonyl (C=O) groups is 1. The summed E-state index contributed by atoms with van der Waals surface area (Å²) in [6.45, 7) is 5.02. The number of aliphatic hydroxyl groups excluding tert-OH is 1. The van der Waals surface area contributed by atoms with E-state index in [-0.39, 0.29) is 30.0 Å². The number of aromatic hydroxyl groups is 1. The smallest absolute Gasteiger partial charge is 0.311 e. The summed E-state index contributed by atoms with van der Waals surface area (Å²) >= 11 is 5.80. The van der Waals surface area contributed by atoms with Crippen LogP contribution in [0.2, 0.25) is 5.02 Å². The van der Waals surface area contributed by atoms with Gasteiger partial charge in [-0.1, -0.05) is 11.6 Å². The molecule has 0 heterocycles. The van der Waals surface area contributed by atoms with E-state index in [0.29, 0.717) is 11.1 Å². The van der Waals surface area contributed by atoms with E-state index in [9.17, 15) is 9.90 Å². The highest BCUT2D eigenvalue weighted by Crippen LogP contribution is 2.29. The van der Waals surface area contributed by atoms with E-state index in [2.05, 4.69) is 0 Å². The Balaban J connectivity index is 2.81. The van der Waals surface area contributed by atoms with Crippen LogP contribution >= 0.6 is 11.6 Å². The fourth-order valence-electron chi connectivity index (χ4n) is 1.29. The number of aliphatic hydroxyl groups is 1. The van der Waals surface area contributed by atoms with Crippen LogP contribution in [0.15, 0.2) is 12.1 Å². The Morgan fingerprint density at radius 2 is 2.00 bits per heavy atom. The van der Waals surface area contributed by atoms with E-state index >= 15 is 0 Å². The number of carbonyl (C=O) groups excluding carboxylic acids is 1. The van der Waals surface area contributed by atoms with Gasteiger partial charge in [0.25, 0.3) is 0 Å². The molecule has 100 valence electrons. The molecule has 0 unspecified atom stereocenters.